The Kier molecular flexibility index (Phi) is 5.12. The van der Waals surface area contributed by atoms with Crippen molar-refractivity contribution >= 4 is 5.78 Å². The number of allylic oxidation sites excluding steroid dienone is 1. The Morgan fingerprint density at radius 3 is 2.78 bits per heavy atom. The molecule has 0 unspecified atom stereocenters. The lowest BCUT2D eigenvalue weighted by Gasteiger charge is -1.93. The molecule has 0 aromatic rings. The fraction of sp³-hybridized carbons (Fsp3) is 0.571. The summed E-state index contributed by atoms with van der Waals surface area (Å²) in [5.41, 5.74) is 0. The van der Waals surface area contributed by atoms with Crippen molar-refractivity contribution < 1.29 is 9.53 Å². The lowest BCUT2D eigenvalue weighted by molar-refractivity contribution is -0.121. The van der Waals surface area contributed by atoms with Crippen molar-refractivity contribution in [2.24, 2.45) is 0 Å². The van der Waals surface area contributed by atoms with E-state index in [-0.39, 0.29) is 12.4 Å². The van der Waals surface area contributed by atoms with Gasteiger partial charge >= 0.3 is 0 Å². The van der Waals surface area contributed by atoms with Gasteiger partial charge in [-0.25, -0.2) is 0 Å². The second kappa shape index (κ2) is 5.51. The first-order valence-corrected chi connectivity index (χ1v) is 2.95. The molecule has 0 aromatic heterocycles. The van der Waals surface area contributed by atoms with Crippen LogP contribution in [0.25, 0.3) is 0 Å². The fourth-order valence-electron chi connectivity index (χ4n) is 0.367. The molecule has 0 rings (SSSR count). The zero-order valence-electron chi connectivity index (χ0n) is 5.89. The van der Waals surface area contributed by atoms with Crippen molar-refractivity contribution in [2.45, 2.75) is 13.8 Å². The predicted octanol–water partition coefficient (Wildman–Crippen LogP) is 1.17. The molecule has 0 aliphatic rings. The van der Waals surface area contributed by atoms with Gasteiger partial charge in [-0.05, 0) is 13.8 Å². The Bertz CT molecular complexity index is 105. The second-order valence-corrected chi connectivity index (χ2v) is 1.79. The van der Waals surface area contributed by atoms with Crippen molar-refractivity contribution in [2.75, 3.05) is 13.2 Å². The summed E-state index contributed by atoms with van der Waals surface area (Å²) < 4.78 is 4.90. The number of hydrogen-bond donors (Lipinski definition) is 0. The molecule has 0 aliphatic heterocycles. The third kappa shape index (κ3) is 7.37. The van der Waals surface area contributed by atoms with Crippen LogP contribution in [0.4, 0.5) is 0 Å². The van der Waals surface area contributed by atoms with Crippen LogP contribution in [0.1, 0.15) is 13.8 Å². The third-order valence-electron chi connectivity index (χ3n) is 0.755. The first-order valence-electron chi connectivity index (χ1n) is 2.95. The van der Waals surface area contributed by atoms with Crippen LogP contribution < -0.4 is 0 Å². The lowest BCUT2D eigenvalue weighted by atomic mass is 10.5. The minimum absolute atomic E-state index is 0.0690. The summed E-state index contributed by atoms with van der Waals surface area (Å²) in [4.78, 5) is 10.3. The van der Waals surface area contributed by atoms with E-state index in [0.29, 0.717) is 6.61 Å². The Labute approximate surface area is 55.5 Å². The van der Waals surface area contributed by atoms with Crippen molar-refractivity contribution in [3.05, 3.63) is 12.2 Å². The fourth-order valence-corrected chi connectivity index (χ4v) is 0.367. The van der Waals surface area contributed by atoms with Gasteiger partial charge < -0.3 is 4.74 Å². The van der Waals surface area contributed by atoms with E-state index in [1.165, 1.54) is 6.92 Å². The average Bonchev–Trinajstić information content (AvgIpc) is 1.80. The molecular weight excluding hydrogens is 116 g/mol. The largest absolute Gasteiger partial charge is 0.370 e. The maximum Gasteiger partial charge on any atom is 0.155 e. The van der Waals surface area contributed by atoms with E-state index in [1.54, 1.807) is 0 Å². The van der Waals surface area contributed by atoms with Gasteiger partial charge in [0.15, 0.2) is 5.78 Å². The maximum atomic E-state index is 10.3. The molecule has 0 aliphatic carbocycles. The van der Waals surface area contributed by atoms with Crippen LogP contribution in [0.5, 0.6) is 0 Å². The van der Waals surface area contributed by atoms with Gasteiger partial charge in [0, 0.05) is 0 Å². The van der Waals surface area contributed by atoms with E-state index in [1.807, 2.05) is 19.1 Å². The van der Waals surface area contributed by atoms with Gasteiger partial charge in [0.25, 0.3) is 0 Å². The topological polar surface area (TPSA) is 26.3 Å². The van der Waals surface area contributed by atoms with Gasteiger partial charge in [-0.15, -0.1) is 0 Å². The molecule has 0 spiro atoms. The van der Waals surface area contributed by atoms with Gasteiger partial charge in [0.1, 0.15) is 6.61 Å². The molecule has 0 aromatic carbocycles. The van der Waals surface area contributed by atoms with Gasteiger partial charge in [0.05, 0.1) is 6.61 Å². The molecule has 0 saturated heterocycles. The molecule has 2 nitrogen and oxygen atoms in total. The van der Waals surface area contributed by atoms with Crippen LogP contribution >= 0.6 is 0 Å². The third-order valence-corrected chi connectivity index (χ3v) is 0.755. The predicted molar refractivity (Wildman–Crippen MR) is 36.3 cm³/mol. The SMILES string of the molecule is C/C=C/COCC(C)=O. The molecule has 0 heterocycles. The van der Waals surface area contributed by atoms with Crippen LogP contribution in [0.15, 0.2) is 12.2 Å². The molecule has 2 heteroatoms. The van der Waals surface area contributed by atoms with Crippen molar-refractivity contribution in [3.8, 4) is 0 Å². The smallest absolute Gasteiger partial charge is 0.155 e. The highest BCUT2D eigenvalue weighted by Crippen LogP contribution is 1.77. The highest BCUT2D eigenvalue weighted by molar-refractivity contribution is 5.76. The van der Waals surface area contributed by atoms with Crippen molar-refractivity contribution in [3.63, 3.8) is 0 Å². The number of hydrogen-bond acceptors (Lipinski definition) is 2. The van der Waals surface area contributed by atoms with E-state index in [2.05, 4.69) is 0 Å². The number of ketones is 1. The van der Waals surface area contributed by atoms with E-state index >= 15 is 0 Å². The van der Waals surface area contributed by atoms with Crippen LogP contribution in [0.3, 0.4) is 0 Å². The van der Waals surface area contributed by atoms with E-state index in [0.717, 1.165) is 0 Å². The highest BCUT2D eigenvalue weighted by Gasteiger charge is 1.88. The molecule has 0 amide bonds. The Balaban J connectivity index is 3.01. The summed E-state index contributed by atoms with van der Waals surface area (Å²) in [6, 6.07) is 0. The van der Waals surface area contributed by atoms with E-state index in [4.69, 9.17) is 4.74 Å². The van der Waals surface area contributed by atoms with Crippen molar-refractivity contribution in [1.29, 1.82) is 0 Å². The normalized spacial score (nSPS) is 10.4. The monoisotopic (exact) mass is 128 g/mol. The molecule has 0 bridgehead atoms. The summed E-state index contributed by atoms with van der Waals surface area (Å²) in [5, 5.41) is 0. The maximum absolute atomic E-state index is 10.3. The van der Waals surface area contributed by atoms with Gasteiger partial charge in [-0.1, -0.05) is 12.2 Å². The molecule has 0 N–H and O–H groups in total. The van der Waals surface area contributed by atoms with Gasteiger partial charge in [-0.2, -0.15) is 0 Å². The van der Waals surface area contributed by atoms with Crippen LogP contribution in [-0.4, -0.2) is 19.0 Å². The number of ether oxygens (including phenoxy) is 1. The number of carbonyl (C=O) groups excluding carboxylic acids is 1. The minimum atomic E-state index is 0.0690. The molecule has 0 saturated carbocycles. The standard InChI is InChI=1S/C7H12O2/c1-3-4-5-9-6-7(2)8/h3-4H,5-6H2,1-2H3/b4-3+. The van der Waals surface area contributed by atoms with Crippen LogP contribution in [0, 0.1) is 0 Å². The second-order valence-electron chi connectivity index (χ2n) is 1.79. The Hall–Kier alpha value is -0.630. The zero-order chi connectivity index (χ0) is 7.11. The summed E-state index contributed by atoms with van der Waals surface area (Å²) >= 11 is 0. The first-order chi connectivity index (χ1) is 4.27. The average molecular weight is 128 g/mol. The summed E-state index contributed by atoms with van der Waals surface area (Å²) in [6.07, 6.45) is 3.75. The van der Waals surface area contributed by atoms with Gasteiger partial charge in [0.2, 0.25) is 0 Å². The number of rotatable bonds is 4. The van der Waals surface area contributed by atoms with Crippen LogP contribution in [-0.2, 0) is 9.53 Å². The minimum Gasteiger partial charge on any atom is -0.370 e. The van der Waals surface area contributed by atoms with E-state index in [9.17, 15) is 4.79 Å². The molecule has 0 atom stereocenters. The van der Waals surface area contributed by atoms with Crippen LogP contribution in [0.2, 0.25) is 0 Å². The molecule has 9 heavy (non-hydrogen) atoms. The molecule has 0 radical (unpaired) electrons. The zero-order valence-corrected chi connectivity index (χ0v) is 5.89. The first kappa shape index (κ1) is 8.37. The quantitative estimate of drug-likeness (QED) is 0.419. The number of carbonyl (C=O) groups is 1. The van der Waals surface area contributed by atoms with E-state index < -0.39 is 0 Å². The summed E-state index contributed by atoms with van der Waals surface area (Å²) in [7, 11) is 0. The van der Waals surface area contributed by atoms with Crippen molar-refractivity contribution in [1.82, 2.24) is 0 Å². The molecule has 52 valence electrons. The summed E-state index contributed by atoms with van der Waals surface area (Å²) in [5.74, 6) is 0.0690. The molecule has 0 fully saturated rings. The highest BCUT2D eigenvalue weighted by atomic mass is 16.5. The molecular formula is C7H12O2. The lowest BCUT2D eigenvalue weighted by Crippen LogP contribution is -2.03. The Morgan fingerprint density at radius 2 is 2.33 bits per heavy atom. The Morgan fingerprint density at radius 1 is 1.67 bits per heavy atom. The number of Topliss-reactive ketones (excluding diaryl/α,β-unsaturated/α-hetero) is 1. The summed E-state index contributed by atoms with van der Waals surface area (Å²) in [6.45, 7) is 4.19. The van der Waals surface area contributed by atoms with Gasteiger partial charge in [-0.3, -0.25) is 4.79 Å².